The first-order valence-corrected chi connectivity index (χ1v) is 16.0. The molecule has 5 aromatic rings. The van der Waals surface area contributed by atoms with Crippen LogP contribution in [0.4, 0.5) is 4.39 Å². The van der Waals surface area contributed by atoms with Crippen molar-refractivity contribution >= 4 is 34.1 Å². The number of rotatable bonds is 9. The molecule has 1 amide bonds. The average molecular weight is 636 g/mol. The minimum Gasteiger partial charge on any atom is -0.496 e. The van der Waals surface area contributed by atoms with Crippen LogP contribution in [0.3, 0.4) is 0 Å². The fourth-order valence-corrected chi connectivity index (χ4v) is 6.92. The topological polar surface area (TPSA) is 73.1 Å². The number of nitrogens with zero attached hydrogens (tertiary/aromatic N) is 3. The lowest BCUT2D eigenvalue weighted by Crippen LogP contribution is -2.43. The van der Waals surface area contributed by atoms with Crippen LogP contribution in [0.2, 0.25) is 0 Å². The Bertz CT molecular complexity index is 2150. The number of carbonyl (C=O) groups is 1. The Morgan fingerprint density at radius 3 is 2.43 bits per heavy atom. The molecule has 1 aliphatic heterocycles. The number of carbonyl (C=O) groups excluding carboxylic acids is 1. The third-order valence-corrected chi connectivity index (χ3v) is 9.24. The van der Waals surface area contributed by atoms with Crippen LogP contribution in [0, 0.1) is 5.82 Å². The van der Waals surface area contributed by atoms with Crippen LogP contribution >= 0.6 is 11.3 Å². The van der Waals surface area contributed by atoms with Gasteiger partial charge >= 0.3 is 0 Å². The van der Waals surface area contributed by atoms with Gasteiger partial charge in [-0.3, -0.25) is 14.2 Å². The van der Waals surface area contributed by atoms with Crippen LogP contribution in [-0.2, 0) is 11.4 Å². The van der Waals surface area contributed by atoms with E-state index in [1.807, 2.05) is 75.4 Å². The van der Waals surface area contributed by atoms with E-state index in [0.717, 1.165) is 21.9 Å². The van der Waals surface area contributed by atoms with Gasteiger partial charge in [-0.25, -0.2) is 9.38 Å². The zero-order chi connectivity index (χ0) is 32.4. The Morgan fingerprint density at radius 1 is 1.00 bits per heavy atom. The lowest BCUT2D eigenvalue weighted by Gasteiger charge is -2.30. The number of aromatic nitrogens is 1. The number of methoxy groups -OCH3 is 1. The van der Waals surface area contributed by atoms with E-state index in [-0.39, 0.29) is 23.9 Å². The summed E-state index contributed by atoms with van der Waals surface area (Å²) in [6.07, 6.45) is 1.81. The summed E-state index contributed by atoms with van der Waals surface area (Å²) in [6.45, 7) is 6.87. The first kappa shape index (κ1) is 31.0. The number of fused-ring (bicyclic) bond motifs is 2. The molecule has 4 aromatic carbocycles. The number of likely N-dealkylation sites (N-methyl/N-ethyl adjacent to an activating group) is 1. The maximum absolute atomic E-state index is 14.3. The third kappa shape index (κ3) is 5.74. The number of halogens is 1. The van der Waals surface area contributed by atoms with E-state index in [2.05, 4.69) is 0 Å². The molecule has 1 atom stereocenters. The first-order chi connectivity index (χ1) is 22.3. The summed E-state index contributed by atoms with van der Waals surface area (Å²) in [6, 6.07) is 24.8. The Hall–Kier alpha value is -5.02. The molecule has 0 N–H and O–H groups in total. The molecule has 0 radical (unpaired) electrons. The van der Waals surface area contributed by atoms with Crippen molar-refractivity contribution in [2.75, 3.05) is 20.2 Å². The van der Waals surface area contributed by atoms with Gasteiger partial charge in [-0.2, -0.15) is 0 Å². The fraction of sp³-hybridized carbons (Fsp3) is 0.216. The Kier molecular flexibility index (Phi) is 8.85. The summed E-state index contributed by atoms with van der Waals surface area (Å²) in [7, 11) is 1.60. The van der Waals surface area contributed by atoms with Gasteiger partial charge in [0, 0.05) is 24.2 Å². The number of thiazole rings is 1. The quantitative estimate of drug-likeness (QED) is 0.200. The standard InChI is InChI=1S/C37H34FN3O4S/c1-5-40(6-2)36(43)32-23(3)39-37-41(34(32)33-28-13-9-7-11-25(28)17-20-30(33)44-4)35(42)31(46-37)21-24-15-18-27(19-16-24)45-22-26-12-8-10-14-29(26)38/h7-21,34H,5-6,22H2,1-4H3/b31-21+/t34-/m0/s1. The normalized spacial score (nSPS) is 14.6. The molecular weight excluding hydrogens is 601 g/mol. The largest absolute Gasteiger partial charge is 0.496 e. The van der Waals surface area contributed by atoms with E-state index in [1.165, 1.54) is 17.4 Å². The van der Waals surface area contributed by atoms with Crippen molar-refractivity contribution in [1.82, 2.24) is 9.47 Å². The Labute approximate surface area is 270 Å². The van der Waals surface area contributed by atoms with Gasteiger partial charge < -0.3 is 14.4 Å². The van der Waals surface area contributed by atoms with Crippen LogP contribution in [-0.4, -0.2) is 35.6 Å². The van der Waals surface area contributed by atoms with Gasteiger partial charge in [0.1, 0.15) is 30.0 Å². The molecule has 6 rings (SSSR count). The molecule has 234 valence electrons. The number of allylic oxidation sites excluding steroid dienone is 1. The van der Waals surface area contributed by atoms with E-state index < -0.39 is 6.04 Å². The lowest BCUT2D eigenvalue weighted by molar-refractivity contribution is -0.127. The highest BCUT2D eigenvalue weighted by Crippen LogP contribution is 2.40. The molecule has 0 unspecified atom stereocenters. The average Bonchev–Trinajstić information content (AvgIpc) is 3.37. The predicted molar refractivity (Wildman–Crippen MR) is 179 cm³/mol. The van der Waals surface area contributed by atoms with Crippen molar-refractivity contribution in [1.29, 1.82) is 0 Å². The number of amides is 1. The SMILES string of the molecule is CCN(CC)C(=O)C1=C(C)N=c2s/c(=C/c3ccc(OCc4ccccc4F)cc3)c(=O)n2[C@@H]1c1c(OC)ccc2ccccc12. The van der Waals surface area contributed by atoms with Crippen molar-refractivity contribution < 1.29 is 18.7 Å². The lowest BCUT2D eigenvalue weighted by atomic mass is 9.90. The predicted octanol–water partition coefficient (Wildman–Crippen LogP) is 5.98. The van der Waals surface area contributed by atoms with Crippen molar-refractivity contribution in [2.45, 2.75) is 33.4 Å². The monoisotopic (exact) mass is 635 g/mol. The van der Waals surface area contributed by atoms with Crippen LogP contribution in [0.25, 0.3) is 16.8 Å². The number of benzene rings is 4. The summed E-state index contributed by atoms with van der Waals surface area (Å²) in [4.78, 5) is 35.5. The van der Waals surface area contributed by atoms with Gasteiger partial charge in [-0.05, 0) is 67.4 Å². The zero-order valence-electron chi connectivity index (χ0n) is 26.1. The number of hydrogen-bond donors (Lipinski definition) is 0. The van der Waals surface area contributed by atoms with Gasteiger partial charge in [0.2, 0.25) is 0 Å². The van der Waals surface area contributed by atoms with E-state index in [9.17, 15) is 14.0 Å². The summed E-state index contributed by atoms with van der Waals surface area (Å²) in [5, 5.41) is 1.87. The second-order valence-corrected chi connectivity index (χ2v) is 11.9. The summed E-state index contributed by atoms with van der Waals surface area (Å²) in [5.41, 5.74) is 2.78. The van der Waals surface area contributed by atoms with Crippen LogP contribution < -0.4 is 24.4 Å². The summed E-state index contributed by atoms with van der Waals surface area (Å²) in [5.74, 6) is 0.696. The van der Waals surface area contributed by atoms with Crippen molar-refractivity contribution in [3.8, 4) is 11.5 Å². The molecule has 2 heterocycles. The minimum atomic E-state index is -0.748. The van der Waals surface area contributed by atoms with Gasteiger partial charge in [0.05, 0.1) is 22.9 Å². The first-order valence-electron chi connectivity index (χ1n) is 15.2. The molecule has 0 spiro atoms. The molecule has 7 nitrogen and oxygen atoms in total. The zero-order valence-corrected chi connectivity index (χ0v) is 26.9. The van der Waals surface area contributed by atoms with E-state index in [0.29, 0.717) is 50.8 Å². The molecule has 0 fully saturated rings. The molecule has 0 aliphatic carbocycles. The summed E-state index contributed by atoms with van der Waals surface area (Å²) >= 11 is 1.28. The van der Waals surface area contributed by atoms with E-state index in [4.69, 9.17) is 14.5 Å². The van der Waals surface area contributed by atoms with E-state index in [1.54, 1.807) is 46.9 Å². The van der Waals surface area contributed by atoms with Crippen LogP contribution in [0.15, 0.2) is 106 Å². The smallest absolute Gasteiger partial charge is 0.271 e. The van der Waals surface area contributed by atoms with Crippen LogP contribution in [0.1, 0.15) is 43.5 Å². The molecule has 9 heteroatoms. The van der Waals surface area contributed by atoms with Gasteiger partial charge in [-0.15, -0.1) is 0 Å². The Morgan fingerprint density at radius 2 is 1.72 bits per heavy atom. The summed E-state index contributed by atoms with van der Waals surface area (Å²) < 4.78 is 27.8. The third-order valence-electron chi connectivity index (χ3n) is 8.26. The molecular formula is C37H34FN3O4S. The van der Waals surface area contributed by atoms with Gasteiger partial charge in [-0.1, -0.05) is 72.0 Å². The van der Waals surface area contributed by atoms with Crippen LogP contribution in [0.5, 0.6) is 11.5 Å². The van der Waals surface area contributed by atoms with Gasteiger partial charge in [0.25, 0.3) is 11.5 Å². The second-order valence-electron chi connectivity index (χ2n) is 10.9. The maximum Gasteiger partial charge on any atom is 0.271 e. The second kappa shape index (κ2) is 13.1. The van der Waals surface area contributed by atoms with Crippen molar-refractivity contribution in [3.05, 3.63) is 138 Å². The highest BCUT2D eigenvalue weighted by molar-refractivity contribution is 7.07. The number of hydrogen-bond acceptors (Lipinski definition) is 6. The number of ether oxygens (including phenoxy) is 2. The molecule has 1 aliphatic rings. The molecule has 0 saturated heterocycles. The van der Waals surface area contributed by atoms with Crippen molar-refractivity contribution in [3.63, 3.8) is 0 Å². The molecule has 0 saturated carbocycles. The van der Waals surface area contributed by atoms with E-state index >= 15 is 0 Å². The fourth-order valence-electron chi connectivity index (χ4n) is 5.87. The highest BCUT2D eigenvalue weighted by Gasteiger charge is 2.36. The van der Waals surface area contributed by atoms with Gasteiger partial charge in [0.15, 0.2) is 4.80 Å². The van der Waals surface area contributed by atoms with Crippen molar-refractivity contribution in [2.24, 2.45) is 4.99 Å². The maximum atomic E-state index is 14.3. The molecule has 1 aromatic heterocycles. The highest BCUT2D eigenvalue weighted by atomic mass is 32.1. The Balaban J connectivity index is 1.46. The minimum absolute atomic E-state index is 0.107. The molecule has 0 bridgehead atoms. The molecule has 46 heavy (non-hydrogen) atoms.